The summed E-state index contributed by atoms with van der Waals surface area (Å²) >= 11 is 12.1. The van der Waals surface area contributed by atoms with Gasteiger partial charge in [-0.15, -0.1) is 12.4 Å². The zero-order valence-electron chi connectivity index (χ0n) is 9.75. The van der Waals surface area contributed by atoms with E-state index in [2.05, 4.69) is 17.1 Å². The molecular weight excluding hydrogens is 279 g/mol. The Morgan fingerprint density at radius 1 is 1.41 bits per heavy atom. The van der Waals surface area contributed by atoms with E-state index in [1.165, 1.54) is 0 Å². The van der Waals surface area contributed by atoms with Gasteiger partial charge >= 0.3 is 0 Å². The molecule has 17 heavy (non-hydrogen) atoms. The quantitative estimate of drug-likeness (QED) is 0.901. The van der Waals surface area contributed by atoms with E-state index in [-0.39, 0.29) is 12.4 Å². The van der Waals surface area contributed by atoms with Crippen molar-refractivity contribution < 1.29 is 0 Å². The van der Waals surface area contributed by atoms with Gasteiger partial charge in [0.15, 0.2) is 0 Å². The van der Waals surface area contributed by atoms with Gasteiger partial charge in [0, 0.05) is 42.3 Å². The topological polar surface area (TPSA) is 15.3 Å². The summed E-state index contributed by atoms with van der Waals surface area (Å²) in [6, 6.07) is 6.20. The van der Waals surface area contributed by atoms with Gasteiger partial charge in [0.1, 0.15) is 0 Å². The van der Waals surface area contributed by atoms with Crippen LogP contribution in [0.15, 0.2) is 18.2 Å². The second-order valence-corrected chi connectivity index (χ2v) is 5.10. The Hall–Kier alpha value is 0.01000. The molecule has 1 aromatic rings. The van der Waals surface area contributed by atoms with Gasteiger partial charge in [0.25, 0.3) is 0 Å². The van der Waals surface area contributed by atoms with Gasteiger partial charge in [0.05, 0.1) is 0 Å². The van der Waals surface area contributed by atoms with E-state index in [1.54, 1.807) is 0 Å². The molecule has 1 aliphatic rings. The zero-order chi connectivity index (χ0) is 11.5. The highest BCUT2D eigenvalue weighted by atomic mass is 35.5. The van der Waals surface area contributed by atoms with E-state index >= 15 is 0 Å². The molecule has 5 heteroatoms. The number of benzene rings is 1. The molecule has 1 aliphatic heterocycles. The Morgan fingerprint density at radius 3 is 2.88 bits per heavy atom. The van der Waals surface area contributed by atoms with Crippen LogP contribution in [-0.2, 0) is 6.54 Å². The van der Waals surface area contributed by atoms with Gasteiger partial charge in [0.2, 0.25) is 0 Å². The molecule has 1 atom stereocenters. The van der Waals surface area contributed by atoms with Crippen molar-refractivity contribution in [1.29, 1.82) is 0 Å². The van der Waals surface area contributed by atoms with Crippen LogP contribution in [0, 0.1) is 0 Å². The molecule has 1 N–H and O–H groups in total. The SMILES string of the molecule is CC1CNCCN1Cc1cc(Cl)ccc1Cl.Cl. The number of nitrogens with one attached hydrogen (secondary N) is 1. The number of hydrogen-bond donors (Lipinski definition) is 1. The van der Waals surface area contributed by atoms with E-state index < -0.39 is 0 Å². The molecule has 1 heterocycles. The van der Waals surface area contributed by atoms with Crippen LogP contribution in [0.4, 0.5) is 0 Å². The largest absolute Gasteiger partial charge is 0.314 e. The van der Waals surface area contributed by atoms with Crippen LogP contribution >= 0.6 is 35.6 Å². The summed E-state index contributed by atoms with van der Waals surface area (Å²) in [6.45, 7) is 6.25. The first kappa shape index (κ1) is 15.1. The lowest BCUT2D eigenvalue weighted by molar-refractivity contribution is 0.165. The highest BCUT2D eigenvalue weighted by molar-refractivity contribution is 6.33. The Bertz CT molecular complexity index is 371. The molecule has 0 amide bonds. The lowest BCUT2D eigenvalue weighted by atomic mass is 10.1. The van der Waals surface area contributed by atoms with Crippen molar-refractivity contribution in [2.45, 2.75) is 19.5 Å². The maximum Gasteiger partial charge on any atom is 0.0452 e. The molecule has 0 spiro atoms. The highest BCUT2D eigenvalue weighted by Gasteiger charge is 2.18. The monoisotopic (exact) mass is 294 g/mol. The Morgan fingerprint density at radius 2 is 2.18 bits per heavy atom. The van der Waals surface area contributed by atoms with Gasteiger partial charge in [-0.1, -0.05) is 23.2 Å². The van der Waals surface area contributed by atoms with Gasteiger partial charge in [-0.05, 0) is 30.7 Å². The van der Waals surface area contributed by atoms with Crippen molar-refractivity contribution in [3.63, 3.8) is 0 Å². The van der Waals surface area contributed by atoms with Gasteiger partial charge in [-0.3, -0.25) is 4.90 Å². The van der Waals surface area contributed by atoms with E-state index in [4.69, 9.17) is 23.2 Å². The normalized spacial score (nSPS) is 21.0. The zero-order valence-corrected chi connectivity index (χ0v) is 12.1. The molecule has 2 nitrogen and oxygen atoms in total. The van der Waals surface area contributed by atoms with Crippen LogP contribution in [0.2, 0.25) is 10.0 Å². The number of nitrogens with zero attached hydrogens (tertiary/aromatic N) is 1. The minimum Gasteiger partial charge on any atom is -0.314 e. The first-order valence-corrected chi connectivity index (χ1v) is 6.31. The molecule has 96 valence electrons. The van der Waals surface area contributed by atoms with Crippen LogP contribution in [-0.4, -0.2) is 30.6 Å². The number of hydrogen-bond acceptors (Lipinski definition) is 2. The van der Waals surface area contributed by atoms with Crippen molar-refractivity contribution in [1.82, 2.24) is 10.2 Å². The van der Waals surface area contributed by atoms with Crippen molar-refractivity contribution in [3.05, 3.63) is 33.8 Å². The molecule has 0 aromatic heterocycles. The second-order valence-electron chi connectivity index (χ2n) is 4.26. The van der Waals surface area contributed by atoms with Crippen LogP contribution < -0.4 is 5.32 Å². The number of halogens is 3. The van der Waals surface area contributed by atoms with Crippen molar-refractivity contribution in [3.8, 4) is 0 Å². The summed E-state index contributed by atoms with van der Waals surface area (Å²) in [4.78, 5) is 2.42. The smallest absolute Gasteiger partial charge is 0.0452 e. The summed E-state index contributed by atoms with van der Waals surface area (Å²) < 4.78 is 0. The first-order valence-electron chi connectivity index (χ1n) is 5.55. The van der Waals surface area contributed by atoms with E-state index in [1.807, 2.05) is 18.2 Å². The summed E-state index contributed by atoms with van der Waals surface area (Å²) in [5, 5.41) is 4.93. The summed E-state index contributed by atoms with van der Waals surface area (Å²) in [7, 11) is 0. The van der Waals surface area contributed by atoms with Crippen LogP contribution in [0.25, 0.3) is 0 Å². The van der Waals surface area contributed by atoms with Crippen LogP contribution in [0.5, 0.6) is 0 Å². The lowest BCUT2D eigenvalue weighted by Crippen LogP contribution is -2.49. The third kappa shape index (κ3) is 4.01. The molecule has 0 bridgehead atoms. The van der Waals surface area contributed by atoms with Gasteiger partial charge in [-0.2, -0.15) is 0 Å². The fourth-order valence-electron chi connectivity index (χ4n) is 2.00. The van der Waals surface area contributed by atoms with Crippen molar-refractivity contribution in [2.24, 2.45) is 0 Å². The van der Waals surface area contributed by atoms with E-state index in [0.29, 0.717) is 6.04 Å². The van der Waals surface area contributed by atoms with Crippen LogP contribution in [0.1, 0.15) is 12.5 Å². The Kier molecular flexibility index (Phi) is 6.04. The summed E-state index contributed by atoms with van der Waals surface area (Å²) in [5.74, 6) is 0. The maximum absolute atomic E-state index is 6.16. The molecule has 1 saturated heterocycles. The summed E-state index contributed by atoms with van der Waals surface area (Å²) in [6.07, 6.45) is 0. The molecule has 0 saturated carbocycles. The fourth-order valence-corrected chi connectivity index (χ4v) is 2.37. The minimum atomic E-state index is 0. The molecule has 2 rings (SSSR count). The van der Waals surface area contributed by atoms with Crippen molar-refractivity contribution >= 4 is 35.6 Å². The predicted octanol–water partition coefficient (Wildman–Crippen LogP) is 3.21. The molecule has 0 radical (unpaired) electrons. The van der Waals surface area contributed by atoms with Gasteiger partial charge < -0.3 is 5.32 Å². The average molecular weight is 296 g/mol. The van der Waals surface area contributed by atoms with Crippen LogP contribution in [0.3, 0.4) is 0 Å². The maximum atomic E-state index is 6.16. The molecular formula is C12H17Cl3N2. The Labute approximate surface area is 119 Å². The first-order chi connectivity index (χ1) is 7.66. The standard InChI is InChI=1S/C12H16Cl2N2.ClH/c1-9-7-15-4-5-16(9)8-10-6-11(13)2-3-12(10)14;/h2-3,6,9,15H,4-5,7-8H2,1H3;1H. The van der Waals surface area contributed by atoms with Gasteiger partial charge in [-0.25, -0.2) is 0 Å². The third-order valence-electron chi connectivity index (χ3n) is 3.02. The minimum absolute atomic E-state index is 0. The van der Waals surface area contributed by atoms with E-state index in [9.17, 15) is 0 Å². The summed E-state index contributed by atoms with van der Waals surface area (Å²) in [5.41, 5.74) is 1.11. The molecule has 1 aromatic carbocycles. The molecule has 0 aliphatic carbocycles. The lowest BCUT2D eigenvalue weighted by Gasteiger charge is -2.34. The predicted molar refractivity (Wildman–Crippen MR) is 76.5 cm³/mol. The fraction of sp³-hybridized carbons (Fsp3) is 0.500. The third-order valence-corrected chi connectivity index (χ3v) is 3.62. The highest BCUT2D eigenvalue weighted by Crippen LogP contribution is 2.23. The number of piperazine rings is 1. The average Bonchev–Trinajstić information content (AvgIpc) is 2.27. The Balaban J connectivity index is 0.00000144. The molecule has 1 fully saturated rings. The number of rotatable bonds is 2. The second kappa shape index (κ2) is 6.81. The van der Waals surface area contributed by atoms with E-state index in [0.717, 1.165) is 41.8 Å². The molecule has 1 unspecified atom stereocenters. The van der Waals surface area contributed by atoms with Crippen molar-refractivity contribution in [2.75, 3.05) is 19.6 Å².